The molecule has 1 aromatic rings. The van der Waals surface area contributed by atoms with E-state index < -0.39 is 0 Å². The van der Waals surface area contributed by atoms with E-state index in [0.717, 1.165) is 18.9 Å². The Kier molecular flexibility index (Phi) is 2.96. The van der Waals surface area contributed by atoms with Crippen LogP contribution in [0.4, 0.5) is 0 Å². The molecule has 0 amide bonds. The fourth-order valence-electron chi connectivity index (χ4n) is 1.97. The topological polar surface area (TPSA) is 38.9 Å². The average Bonchev–Trinajstić information content (AvgIpc) is 2.70. The predicted molar refractivity (Wildman–Crippen MR) is 56.1 cm³/mol. The summed E-state index contributed by atoms with van der Waals surface area (Å²) in [7, 11) is 0. The first-order chi connectivity index (χ1) is 6.40. The van der Waals surface area contributed by atoms with Gasteiger partial charge in [0, 0.05) is 17.7 Å². The number of aromatic nitrogens is 1. The summed E-state index contributed by atoms with van der Waals surface area (Å²) >= 11 is 1.77. The zero-order valence-electron chi connectivity index (χ0n) is 7.83. The number of nitrogens with zero attached hydrogens (tertiary/aromatic N) is 1. The Labute approximate surface area is 83.2 Å². The van der Waals surface area contributed by atoms with Gasteiger partial charge in [-0.2, -0.15) is 0 Å². The third kappa shape index (κ3) is 2.09. The minimum atomic E-state index is 0.720. The van der Waals surface area contributed by atoms with Crippen molar-refractivity contribution in [3.63, 3.8) is 0 Å². The van der Waals surface area contributed by atoms with Crippen molar-refractivity contribution >= 4 is 11.3 Å². The molecule has 2 nitrogen and oxygen atoms in total. The molecule has 72 valence electrons. The van der Waals surface area contributed by atoms with Crippen LogP contribution in [0.15, 0.2) is 5.38 Å². The first-order valence-electron chi connectivity index (χ1n) is 5.04. The molecule has 1 heterocycles. The molecule has 0 unspecified atom stereocenters. The Hall–Kier alpha value is -0.410. The summed E-state index contributed by atoms with van der Waals surface area (Å²) in [6.45, 7) is 0.720. The minimum absolute atomic E-state index is 0.720. The van der Waals surface area contributed by atoms with Crippen LogP contribution >= 0.6 is 11.3 Å². The van der Waals surface area contributed by atoms with Crippen molar-refractivity contribution in [1.82, 2.24) is 4.98 Å². The van der Waals surface area contributed by atoms with Crippen LogP contribution in [-0.2, 0) is 6.42 Å². The fraction of sp³-hybridized carbons (Fsp3) is 0.700. The molecule has 0 saturated heterocycles. The van der Waals surface area contributed by atoms with E-state index in [1.165, 1.54) is 36.4 Å². The van der Waals surface area contributed by atoms with E-state index in [1.54, 1.807) is 11.3 Å². The standard InChI is InChI=1S/C10H16N2S/c11-6-5-10-12-9(7-13-10)8-3-1-2-4-8/h7-8H,1-6,11H2. The van der Waals surface area contributed by atoms with E-state index in [2.05, 4.69) is 10.4 Å². The van der Waals surface area contributed by atoms with E-state index in [-0.39, 0.29) is 0 Å². The lowest BCUT2D eigenvalue weighted by Crippen LogP contribution is -2.02. The molecule has 1 aromatic heterocycles. The lowest BCUT2D eigenvalue weighted by molar-refractivity contribution is 0.698. The molecule has 3 heteroatoms. The summed E-state index contributed by atoms with van der Waals surface area (Å²) in [5.41, 5.74) is 6.81. The van der Waals surface area contributed by atoms with Gasteiger partial charge in [0.05, 0.1) is 10.7 Å². The maximum Gasteiger partial charge on any atom is 0.0940 e. The van der Waals surface area contributed by atoms with E-state index in [1.807, 2.05) is 0 Å². The molecule has 13 heavy (non-hydrogen) atoms. The molecule has 1 aliphatic rings. The lowest BCUT2D eigenvalue weighted by atomic mass is 10.1. The van der Waals surface area contributed by atoms with Gasteiger partial charge < -0.3 is 5.73 Å². The Morgan fingerprint density at radius 3 is 2.92 bits per heavy atom. The molecule has 2 N–H and O–H groups in total. The van der Waals surface area contributed by atoms with Crippen molar-refractivity contribution < 1.29 is 0 Å². The summed E-state index contributed by atoms with van der Waals surface area (Å²) in [5.74, 6) is 0.753. The lowest BCUT2D eigenvalue weighted by Gasteiger charge is -2.02. The fourth-order valence-corrected chi connectivity index (χ4v) is 2.87. The second-order valence-corrected chi connectivity index (χ2v) is 4.63. The third-order valence-electron chi connectivity index (χ3n) is 2.70. The van der Waals surface area contributed by atoms with Crippen molar-refractivity contribution in [2.24, 2.45) is 5.73 Å². The third-order valence-corrected chi connectivity index (χ3v) is 3.63. The predicted octanol–water partition coefficient (Wildman–Crippen LogP) is 2.30. The first-order valence-corrected chi connectivity index (χ1v) is 5.92. The number of hydrogen-bond acceptors (Lipinski definition) is 3. The van der Waals surface area contributed by atoms with Crippen LogP contribution in [0.2, 0.25) is 0 Å². The van der Waals surface area contributed by atoms with Gasteiger partial charge in [-0.15, -0.1) is 11.3 Å². The second kappa shape index (κ2) is 4.20. The van der Waals surface area contributed by atoms with Gasteiger partial charge in [-0.3, -0.25) is 0 Å². The SMILES string of the molecule is NCCc1nc(C2CCCC2)cs1. The van der Waals surface area contributed by atoms with Gasteiger partial charge in [0.15, 0.2) is 0 Å². The Morgan fingerprint density at radius 1 is 1.46 bits per heavy atom. The first kappa shape index (κ1) is 9.16. The van der Waals surface area contributed by atoms with Gasteiger partial charge in [-0.1, -0.05) is 12.8 Å². The molecule has 1 aliphatic carbocycles. The van der Waals surface area contributed by atoms with E-state index >= 15 is 0 Å². The number of rotatable bonds is 3. The van der Waals surface area contributed by atoms with Gasteiger partial charge in [0.25, 0.3) is 0 Å². The van der Waals surface area contributed by atoms with Crippen molar-refractivity contribution in [3.8, 4) is 0 Å². The van der Waals surface area contributed by atoms with E-state index in [4.69, 9.17) is 5.73 Å². The van der Waals surface area contributed by atoms with Crippen molar-refractivity contribution in [2.75, 3.05) is 6.54 Å². The largest absolute Gasteiger partial charge is 0.330 e. The Bertz CT molecular complexity index is 264. The zero-order chi connectivity index (χ0) is 9.10. The van der Waals surface area contributed by atoms with E-state index in [9.17, 15) is 0 Å². The molecular formula is C10H16N2S. The van der Waals surface area contributed by atoms with E-state index in [0.29, 0.717) is 0 Å². The summed E-state index contributed by atoms with van der Waals surface area (Å²) in [6.07, 6.45) is 6.39. The van der Waals surface area contributed by atoms with Crippen LogP contribution < -0.4 is 5.73 Å². The molecule has 0 aliphatic heterocycles. The Balaban J connectivity index is 2.03. The monoisotopic (exact) mass is 196 g/mol. The van der Waals surface area contributed by atoms with Gasteiger partial charge in [-0.25, -0.2) is 4.98 Å². The highest BCUT2D eigenvalue weighted by molar-refractivity contribution is 7.09. The highest BCUT2D eigenvalue weighted by Gasteiger charge is 2.19. The van der Waals surface area contributed by atoms with Crippen molar-refractivity contribution in [2.45, 2.75) is 38.0 Å². The Morgan fingerprint density at radius 2 is 2.23 bits per heavy atom. The van der Waals surface area contributed by atoms with Crippen molar-refractivity contribution in [1.29, 1.82) is 0 Å². The zero-order valence-corrected chi connectivity index (χ0v) is 8.65. The maximum atomic E-state index is 5.49. The average molecular weight is 196 g/mol. The quantitative estimate of drug-likeness (QED) is 0.805. The molecule has 1 saturated carbocycles. The molecule has 0 spiro atoms. The highest BCUT2D eigenvalue weighted by atomic mass is 32.1. The molecule has 0 radical (unpaired) electrons. The molecular weight excluding hydrogens is 180 g/mol. The second-order valence-electron chi connectivity index (χ2n) is 3.69. The van der Waals surface area contributed by atoms with Crippen LogP contribution in [0, 0.1) is 0 Å². The van der Waals surface area contributed by atoms with Crippen molar-refractivity contribution in [3.05, 3.63) is 16.1 Å². The van der Waals surface area contributed by atoms with Crippen LogP contribution in [0.25, 0.3) is 0 Å². The van der Waals surface area contributed by atoms with Crippen LogP contribution in [0.5, 0.6) is 0 Å². The normalized spacial score (nSPS) is 18.2. The number of hydrogen-bond donors (Lipinski definition) is 1. The minimum Gasteiger partial charge on any atom is -0.330 e. The van der Waals surface area contributed by atoms with Gasteiger partial charge in [0.2, 0.25) is 0 Å². The van der Waals surface area contributed by atoms with Crippen LogP contribution in [0.3, 0.4) is 0 Å². The molecule has 2 rings (SSSR count). The summed E-state index contributed by atoms with van der Waals surface area (Å²) in [5, 5.41) is 3.44. The summed E-state index contributed by atoms with van der Waals surface area (Å²) < 4.78 is 0. The molecule has 0 atom stereocenters. The smallest absolute Gasteiger partial charge is 0.0940 e. The number of nitrogens with two attached hydrogens (primary N) is 1. The molecule has 0 aromatic carbocycles. The van der Waals surface area contributed by atoms with Gasteiger partial charge in [0.1, 0.15) is 0 Å². The summed E-state index contributed by atoms with van der Waals surface area (Å²) in [6, 6.07) is 0. The van der Waals surface area contributed by atoms with Crippen LogP contribution in [0.1, 0.15) is 42.3 Å². The van der Waals surface area contributed by atoms with Crippen LogP contribution in [-0.4, -0.2) is 11.5 Å². The molecule has 1 fully saturated rings. The van der Waals surface area contributed by atoms with Gasteiger partial charge >= 0.3 is 0 Å². The van der Waals surface area contributed by atoms with Gasteiger partial charge in [-0.05, 0) is 19.4 Å². The maximum absolute atomic E-state index is 5.49. The summed E-state index contributed by atoms with van der Waals surface area (Å²) in [4.78, 5) is 4.62. The highest BCUT2D eigenvalue weighted by Crippen LogP contribution is 2.34. The number of thiazole rings is 1. The molecule has 0 bridgehead atoms.